The Hall–Kier alpha value is -2.75. The normalized spacial score (nSPS) is 21.0. The van der Waals surface area contributed by atoms with Crippen LogP contribution >= 0.6 is 0 Å². The van der Waals surface area contributed by atoms with Crippen molar-refractivity contribution in [1.29, 1.82) is 5.26 Å². The minimum atomic E-state index is -0.622. The summed E-state index contributed by atoms with van der Waals surface area (Å²) in [4.78, 5) is 28.6. The molecule has 3 rings (SSSR count). The summed E-state index contributed by atoms with van der Waals surface area (Å²) < 4.78 is 11.0. The molecular weight excluding hydrogens is 370 g/mol. The van der Waals surface area contributed by atoms with E-state index in [0.29, 0.717) is 32.4 Å². The lowest BCUT2D eigenvalue weighted by Crippen LogP contribution is -2.57. The molecule has 29 heavy (non-hydrogen) atoms. The predicted octanol–water partition coefficient (Wildman–Crippen LogP) is 4.08. The fourth-order valence-electron chi connectivity index (χ4n) is 4.15. The number of nitriles is 1. The van der Waals surface area contributed by atoms with Gasteiger partial charge in [0.05, 0.1) is 11.6 Å². The van der Waals surface area contributed by atoms with Gasteiger partial charge >= 0.3 is 12.2 Å². The van der Waals surface area contributed by atoms with E-state index in [1.165, 1.54) is 0 Å². The van der Waals surface area contributed by atoms with Crippen LogP contribution in [0.1, 0.15) is 52.0 Å². The molecule has 7 heteroatoms. The Balaban J connectivity index is 1.61. The molecule has 1 spiro atoms. The third-order valence-electron chi connectivity index (χ3n) is 5.60. The third kappa shape index (κ3) is 4.81. The van der Waals surface area contributed by atoms with Gasteiger partial charge in [-0.15, -0.1) is 0 Å². The Bertz CT molecular complexity index is 773. The minimum absolute atomic E-state index is 0.238. The largest absolute Gasteiger partial charge is 0.445 e. The zero-order valence-electron chi connectivity index (χ0n) is 17.4. The Morgan fingerprint density at radius 1 is 1.14 bits per heavy atom. The highest BCUT2D eigenvalue weighted by Crippen LogP contribution is 2.42. The van der Waals surface area contributed by atoms with Crippen LogP contribution in [-0.2, 0) is 16.1 Å². The molecule has 2 amide bonds. The second kappa shape index (κ2) is 8.32. The number of ether oxygens (including phenoxy) is 2. The Morgan fingerprint density at radius 2 is 1.79 bits per heavy atom. The lowest BCUT2D eigenvalue weighted by Gasteiger charge is -2.45. The van der Waals surface area contributed by atoms with Gasteiger partial charge in [-0.3, -0.25) is 4.90 Å². The number of benzene rings is 1. The van der Waals surface area contributed by atoms with Gasteiger partial charge in [0.15, 0.2) is 0 Å². The average molecular weight is 399 g/mol. The molecule has 1 atom stereocenters. The molecule has 0 bridgehead atoms. The summed E-state index contributed by atoms with van der Waals surface area (Å²) >= 11 is 0. The molecule has 0 aliphatic carbocycles. The molecule has 2 saturated heterocycles. The number of carbonyl (C=O) groups excluding carboxylic acids is 2. The van der Waals surface area contributed by atoms with Crippen LogP contribution in [0.25, 0.3) is 0 Å². The quantitative estimate of drug-likeness (QED) is 0.748. The molecule has 2 heterocycles. The van der Waals surface area contributed by atoms with Gasteiger partial charge in [0, 0.05) is 13.1 Å². The van der Waals surface area contributed by atoms with E-state index >= 15 is 0 Å². The topological polar surface area (TPSA) is 82.9 Å². The molecule has 1 aromatic carbocycles. The van der Waals surface area contributed by atoms with E-state index in [9.17, 15) is 14.9 Å². The minimum Gasteiger partial charge on any atom is -0.445 e. The van der Waals surface area contributed by atoms with Gasteiger partial charge in [-0.05, 0) is 52.0 Å². The van der Waals surface area contributed by atoms with E-state index in [1.807, 2.05) is 51.1 Å². The summed E-state index contributed by atoms with van der Waals surface area (Å²) in [6.07, 6.45) is 1.82. The van der Waals surface area contributed by atoms with Crippen LogP contribution in [0.2, 0.25) is 0 Å². The first-order chi connectivity index (χ1) is 13.7. The van der Waals surface area contributed by atoms with Gasteiger partial charge in [0.1, 0.15) is 18.2 Å². The second-order valence-electron chi connectivity index (χ2n) is 8.79. The molecule has 156 valence electrons. The first kappa shape index (κ1) is 21.0. The molecule has 0 aromatic heterocycles. The molecule has 1 aromatic rings. The predicted molar refractivity (Wildman–Crippen MR) is 107 cm³/mol. The Kier molecular flexibility index (Phi) is 6.02. The maximum absolute atomic E-state index is 12.8. The van der Waals surface area contributed by atoms with Crippen molar-refractivity contribution in [1.82, 2.24) is 9.80 Å². The van der Waals surface area contributed by atoms with Gasteiger partial charge in [-0.2, -0.15) is 5.26 Å². The first-order valence-electron chi connectivity index (χ1n) is 10.1. The SMILES string of the molecule is CC(C)(C)OC(=O)N1[C@H](C#N)CCC12CCN(C(=O)OCc1ccccc1)CC2. The molecule has 0 saturated carbocycles. The van der Waals surface area contributed by atoms with Gasteiger partial charge in [0.25, 0.3) is 0 Å². The van der Waals surface area contributed by atoms with E-state index in [4.69, 9.17) is 9.47 Å². The van der Waals surface area contributed by atoms with Crippen molar-refractivity contribution in [3.63, 3.8) is 0 Å². The van der Waals surface area contributed by atoms with Gasteiger partial charge in [-0.25, -0.2) is 9.59 Å². The lowest BCUT2D eigenvalue weighted by atomic mass is 9.85. The molecule has 0 radical (unpaired) electrons. The fourth-order valence-corrected chi connectivity index (χ4v) is 4.15. The first-order valence-corrected chi connectivity index (χ1v) is 10.1. The van der Waals surface area contributed by atoms with E-state index < -0.39 is 23.3 Å². The number of amides is 2. The summed E-state index contributed by atoms with van der Waals surface area (Å²) in [6, 6.07) is 11.3. The van der Waals surface area contributed by atoms with E-state index in [2.05, 4.69) is 6.07 Å². The third-order valence-corrected chi connectivity index (χ3v) is 5.60. The number of carbonyl (C=O) groups is 2. The van der Waals surface area contributed by atoms with Gasteiger partial charge in [0.2, 0.25) is 0 Å². The molecule has 2 fully saturated rings. The van der Waals surface area contributed by atoms with E-state index in [-0.39, 0.29) is 12.7 Å². The fraction of sp³-hybridized carbons (Fsp3) is 0.591. The summed E-state index contributed by atoms with van der Waals surface area (Å²) in [5.74, 6) is 0. The monoisotopic (exact) mass is 399 g/mol. The average Bonchev–Trinajstić information content (AvgIpc) is 3.04. The van der Waals surface area contributed by atoms with Gasteiger partial charge in [-0.1, -0.05) is 30.3 Å². The maximum atomic E-state index is 12.8. The molecule has 7 nitrogen and oxygen atoms in total. The van der Waals surface area contributed by atoms with Gasteiger partial charge < -0.3 is 14.4 Å². The van der Waals surface area contributed by atoms with Crippen molar-refractivity contribution in [3.8, 4) is 6.07 Å². The van der Waals surface area contributed by atoms with Crippen molar-refractivity contribution in [3.05, 3.63) is 35.9 Å². The van der Waals surface area contributed by atoms with Crippen LogP contribution in [0.3, 0.4) is 0 Å². The Labute approximate surface area is 172 Å². The van der Waals surface area contributed by atoms with Crippen LogP contribution in [0.4, 0.5) is 9.59 Å². The summed E-state index contributed by atoms with van der Waals surface area (Å²) in [5.41, 5.74) is -0.111. The number of likely N-dealkylation sites (tertiary alicyclic amines) is 2. The smallest absolute Gasteiger partial charge is 0.411 e. The Morgan fingerprint density at radius 3 is 2.38 bits per heavy atom. The summed E-state index contributed by atoms with van der Waals surface area (Å²) in [6.45, 7) is 6.68. The van der Waals surface area contributed by atoms with Crippen LogP contribution in [0, 0.1) is 11.3 Å². The number of rotatable bonds is 2. The zero-order valence-corrected chi connectivity index (χ0v) is 17.4. The molecule has 0 N–H and O–H groups in total. The molecule has 2 aliphatic heterocycles. The highest BCUT2D eigenvalue weighted by molar-refractivity contribution is 5.71. The van der Waals surface area contributed by atoms with Crippen molar-refractivity contribution < 1.29 is 19.1 Å². The van der Waals surface area contributed by atoms with Crippen LogP contribution in [0.5, 0.6) is 0 Å². The van der Waals surface area contributed by atoms with Crippen molar-refractivity contribution >= 4 is 12.2 Å². The number of piperidine rings is 1. The highest BCUT2D eigenvalue weighted by Gasteiger charge is 2.52. The molecule has 2 aliphatic rings. The van der Waals surface area contributed by atoms with Crippen molar-refractivity contribution in [2.24, 2.45) is 0 Å². The van der Waals surface area contributed by atoms with E-state index in [1.54, 1.807) is 9.80 Å². The number of hydrogen-bond donors (Lipinski definition) is 0. The van der Waals surface area contributed by atoms with E-state index in [0.717, 1.165) is 12.0 Å². The summed E-state index contributed by atoms with van der Waals surface area (Å²) in [5, 5.41) is 9.53. The number of hydrogen-bond acceptors (Lipinski definition) is 5. The van der Waals surface area contributed by atoms with Crippen molar-refractivity contribution in [2.45, 2.75) is 70.2 Å². The van der Waals surface area contributed by atoms with Crippen LogP contribution in [0.15, 0.2) is 30.3 Å². The lowest BCUT2D eigenvalue weighted by molar-refractivity contribution is -0.0126. The van der Waals surface area contributed by atoms with Crippen molar-refractivity contribution in [2.75, 3.05) is 13.1 Å². The molecular formula is C22H29N3O4. The van der Waals surface area contributed by atoms with Crippen LogP contribution < -0.4 is 0 Å². The zero-order chi connectivity index (χ0) is 21.1. The summed E-state index contributed by atoms with van der Waals surface area (Å²) in [7, 11) is 0. The number of nitrogens with zero attached hydrogens (tertiary/aromatic N) is 3. The maximum Gasteiger partial charge on any atom is 0.411 e. The standard InChI is InChI=1S/C22H29N3O4/c1-21(2,3)29-20(27)25-18(15-23)9-10-22(25)11-13-24(14-12-22)19(26)28-16-17-7-5-4-6-8-17/h4-8,18H,9-14,16H2,1-3H3/t18-/m0/s1. The second-order valence-corrected chi connectivity index (χ2v) is 8.79. The molecule has 0 unspecified atom stereocenters. The highest BCUT2D eigenvalue weighted by atomic mass is 16.6. The van der Waals surface area contributed by atoms with Crippen LogP contribution in [-0.4, -0.2) is 52.3 Å².